The van der Waals surface area contributed by atoms with Crippen LogP contribution < -0.4 is 5.32 Å². The van der Waals surface area contributed by atoms with Crippen molar-refractivity contribution in [1.29, 1.82) is 0 Å². The summed E-state index contributed by atoms with van der Waals surface area (Å²) in [7, 11) is 0. The van der Waals surface area contributed by atoms with E-state index in [0.717, 1.165) is 22.3 Å². The molecule has 8 nitrogen and oxygen atoms in total. The molecule has 2 aliphatic rings. The third-order valence-electron chi connectivity index (χ3n) is 6.53. The summed E-state index contributed by atoms with van der Waals surface area (Å²) in [6.07, 6.45) is -1.05. The Morgan fingerprint density at radius 1 is 1.09 bits per heavy atom. The maximum atomic E-state index is 12.9. The van der Waals surface area contributed by atoms with Crippen LogP contribution in [0.4, 0.5) is 4.79 Å². The predicted octanol–water partition coefficient (Wildman–Crippen LogP) is 2.60. The van der Waals surface area contributed by atoms with Gasteiger partial charge in [0.25, 0.3) is 0 Å². The number of aliphatic carboxylic acids is 1. The van der Waals surface area contributed by atoms with Crippen LogP contribution in [0, 0.1) is 5.92 Å². The van der Waals surface area contributed by atoms with Crippen LogP contribution in [0.15, 0.2) is 48.5 Å². The Hall–Kier alpha value is -3.39. The number of nitrogens with zero attached hydrogens (tertiary/aromatic N) is 1. The summed E-state index contributed by atoms with van der Waals surface area (Å²) in [6.45, 7) is 1.98. The molecule has 174 valence electrons. The van der Waals surface area contributed by atoms with E-state index in [-0.39, 0.29) is 37.9 Å². The number of carbonyl (C=O) groups excluding carboxylic acids is 2. The van der Waals surface area contributed by atoms with Crippen molar-refractivity contribution in [2.75, 3.05) is 19.7 Å². The van der Waals surface area contributed by atoms with Gasteiger partial charge in [0.2, 0.25) is 5.91 Å². The lowest BCUT2D eigenvalue weighted by Crippen LogP contribution is -2.46. The van der Waals surface area contributed by atoms with Crippen LogP contribution in [-0.4, -0.2) is 64.9 Å². The Morgan fingerprint density at radius 3 is 2.27 bits per heavy atom. The topological polar surface area (TPSA) is 116 Å². The SMILES string of the molecule is CCC(CNC(=O)OCC1c2ccccc2-c2ccccc21)C(=O)N1CC(O)CC1C(=O)O. The zero-order valence-electron chi connectivity index (χ0n) is 18.4. The van der Waals surface area contributed by atoms with Crippen molar-refractivity contribution in [2.45, 2.75) is 37.8 Å². The minimum atomic E-state index is -1.14. The molecule has 1 saturated heterocycles. The lowest BCUT2D eigenvalue weighted by molar-refractivity contribution is -0.149. The van der Waals surface area contributed by atoms with Crippen LogP contribution in [0.5, 0.6) is 0 Å². The molecule has 1 aliphatic carbocycles. The Morgan fingerprint density at radius 2 is 1.70 bits per heavy atom. The van der Waals surface area contributed by atoms with Gasteiger partial charge in [-0.05, 0) is 28.7 Å². The summed E-state index contributed by atoms with van der Waals surface area (Å²) in [4.78, 5) is 37.9. The van der Waals surface area contributed by atoms with Gasteiger partial charge in [-0.15, -0.1) is 0 Å². The summed E-state index contributed by atoms with van der Waals surface area (Å²) >= 11 is 0. The fourth-order valence-electron chi connectivity index (χ4n) is 4.79. The maximum Gasteiger partial charge on any atom is 0.407 e. The van der Waals surface area contributed by atoms with E-state index in [1.165, 1.54) is 4.90 Å². The molecule has 3 atom stereocenters. The van der Waals surface area contributed by atoms with Gasteiger partial charge < -0.3 is 25.2 Å². The Balaban J connectivity index is 1.35. The number of carboxylic acid groups (broad SMARTS) is 1. The third kappa shape index (κ3) is 4.57. The molecule has 0 spiro atoms. The molecule has 4 rings (SSSR count). The van der Waals surface area contributed by atoms with Crippen LogP contribution >= 0.6 is 0 Å². The highest BCUT2D eigenvalue weighted by molar-refractivity contribution is 5.86. The molecule has 1 heterocycles. The van der Waals surface area contributed by atoms with Crippen LogP contribution in [-0.2, 0) is 14.3 Å². The van der Waals surface area contributed by atoms with Gasteiger partial charge in [0.05, 0.1) is 12.0 Å². The Labute approximate surface area is 192 Å². The molecular weight excluding hydrogens is 424 g/mol. The Bertz CT molecular complexity index is 1010. The number of carboxylic acids is 1. The highest BCUT2D eigenvalue weighted by Gasteiger charge is 2.40. The molecule has 1 aliphatic heterocycles. The second kappa shape index (κ2) is 9.62. The molecular formula is C25H28N2O6. The van der Waals surface area contributed by atoms with Crippen molar-refractivity contribution in [2.24, 2.45) is 5.92 Å². The summed E-state index contributed by atoms with van der Waals surface area (Å²) in [5, 5.41) is 21.8. The first-order chi connectivity index (χ1) is 15.9. The van der Waals surface area contributed by atoms with E-state index < -0.39 is 30.1 Å². The van der Waals surface area contributed by atoms with Crippen LogP contribution in [0.25, 0.3) is 11.1 Å². The minimum Gasteiger partial charge on any atom is -0.480 e. The van der Waals surface area contributed by atoms with Gasteiger partial charge in [-0.2, -0.15) is 0 Å². The number of hydrogen-bond acceptors (Lipinski definition) is 5. The minimum absolute atomic E-state index is 0.0112. The smallest absolute Gasteiger partial charge is 0.407 e. The van der Waals surface area contributed by atoms with Gasteiger partial charge >= 0.3 is 12.1 Å². The lowest BCUT2D eigenvalue weighted by Gasteiger charge is -2.26. The molecule has 2 aromatic rings. The number of carbonyl (C=O) groups is 3. The van der Waals surface area contributed by atoms with E-state index in [1.54, 1.807) is 6.92 Å². The van der Waals surface area contributed by atoms with E-state index in [4.69, 9.17) is 4.74 Å². The van der Waals surface area contributed by atoms with Crippen molar-refractivity contribution < 1.29 is 29.3 Å². The maximum absolute atomic E-state index is 12.9. The molecule has 8 heteroatoms. The number of nitrogens with one attached hydrogen (secondary N) is 1. The van der Waals surface area contributed by atoms with Gasteiger partial charge in [0.1, 0.15) is 12.6 Å². The number of rotatable bonds is 7. The number of alkyl carbamates (subject to hydrolysis) is 1. The molecule has 0 saturated carbocycles. The normalized spacial score (nSPS) is 20.1. The van der Waals surface area contributed by atoms with E-state index in [1.807, 2.05) is 36.4 Å². The fourth-order valence-corrected chi connectivity index (χ4v) is 4.79. The number of benzene rings is 2. The number of β-amino-alcohol motifs (C(OH)–C–C–N with tert-alkyl or cyclic N) is 1. The van der Waals surface area contributed by atoms with Crippen molar-refractivity contribution in [3.05, 3.63) is 59.7 Å². The standard InChI is InChI=1S/C25H28N2O6/c1-2-15(23(29)27-13-16(28)11-22(27)24(30)31)12-26-25(32)33-14-21-19-9-5-3-7-17(19)18-8-4-6-10-20(18)21/h3-10,15-16,21-22,28H,2,11-14H2,1H3,(H,26,32)(H,30,31). The molecule has 2 amide bonds. The zero-order valence-corrected chi connectivity index (χ0v) is 18.4. The number of ether oxygens (including phenoxy) is 1. The molecule has 3 N–H and O–H groups in total. The Kier molecular flexibility index (Phi) is 6.65. The first kappa shape index (κ1) is 22.8. The lowest BCUT2D eigenvalue weighted by atomic mass is 9.98. The van der Waals surface area contributed by atoms with Crippen molar-refractivity contribution in [3.8, 4) is 11.1 Å². The van der Waals surface area contributed by atoms with Gasteiger partial charge in [0, 0.05) is 25.4 Å². The molecule has 0 aromatic heterocycles. The predicted molar refractivity (Wildman–Crippen MR) is 121 cm³/mol. The first-order valence-corrected chi connectivity index (χ1v) is 11.2. The number of likely N-dealkylation sites (tertiary alicyclic amines) is 1. The zero-order chi connectivity index (χ0) is 23.5. The molecule has 1 fully saturated rings. The van der Waals surface area contributed by atoms with Gasteiger partial charge in [-0.1, -0.05) is 55.5 Å². The van der Waals surface area contributed by atoms with E-state index >= 15 is 0 Å². The summed E-state index contributed by atoms with van der Waals surface area (Å²) < 4.78 is 5.51. The summed E-state index contributed by atoms with van der Waals surface area (Å²) in [5.74, 6) is -2.19. The third-order valence-corrected chi connectivity index (χ3v) is 6.53. The first-order valence-electron chi connectivity index (χ1n) is 11.2. The van der Waals surface area contributed by atoms with Crippen LogP contribution in [0.1, 0.15) is 36.8 Å². The van der Waals surface area contributed by atoms with Gasteiger partial charge in [-0.25, -0.2) is 9.59 Å². The van der Waals surface area contributed by atoms with Gasteiger partial charge in [0.15, 0.2) is 0 Å². The van der Waals surface area contributed by atoms with Crippen molar-refractivity contribution in [1.82, 2.24) is 10.2 Å². The number of fused-ring (bicyclic) bond motifs is 3. The average Bonchev–Trinajstić information content (AvgIpc) is 3.36. The van der Waals surface area contributed by atoms with Crippen LogP contribution in [0.2, 0.25) is 0 Å². The van der Waals surface area contributed by atoms with Crippen molar-refractivity contribution in [3.63, 3.8) is 0 Å². The monoisotopic (exact) mass is 452 g/mol. The summed E-state index contributed by atoms with van der Waals surface area (Å²) in [5.41, 5.74) is 4.50. The highest BCUT2D eigenvalue weighted by Crippen LogP contribution is 2.44. The molecule has 3 unspecified atom stereocenters. The van der Waals surface area contributed by atoms with E-state index in [2.05, 4.69) is 17.4 Å². The second-order valence-electron chi connectivity index (χ2n) is 8.55. The number of amides is 2. The second-order valence-corrected chi connectivity index (χ2v) is 8.55. The van der Waals surface area contributed by atoms with E-state index in [9.17, 15) is 24.6 Å². The average molecular weight is 453 g/mol. The highest BCUT2D eigenvalue weighted by atomic mass is 16.5. The molecule has 0 bridgehead atoms. The number of aliphatic hydroxyl groups excluding tert-OH is 1. The largest absolute Gasteiger partial charge is 0.480 e. The van der Waals surface area contributed by atoms with Crippen LogP contribution in [0.3, 0.4) is 0 Å². The summed E-state index contributed by atoms with van der Waals surface area (Å²) in [6, 6.07) is 15.1. The number of aliphatic hydroxyl groups is 1. The fraction of sp³-hybridized carbons (Fsp3) is 0.400. The number of hydrogen-bond donors (Lipinski definition) is 3. The molecule has 0 radical (unpaired) electrons. The van der Waals surface area contributed by atoms with Gasteiger partial charge in [-0.3, -0.25) is 4.79 Å². The molecule has 33 heavy (non-hydrogen) atoms. The van der Waals surface area contributed by atoms with Crippen molar-refractivity contribution >= 4 is 18.0 Å². The van der Waals surface area contributed by atoms with E-state index in [0.29, 0.717) is 6.42 Å². The molecule has 2 aromatic carbocycles. The quantitative estimate of drug-likeness (QED) is 0.595.